The van der Waals surface area contributed by atoms with Crippen LogP contribution < -0.4 is 10.2 Å². The van der Waals surface area contributed by atoms with Gasteiger partial charge in [0, 0.05) is 31.6 Å². The van der Waals surface area contributed by atoms with E-state index in [0.29, 0.717) is 6.04 Å². The fourth-order valence-corrected chi connectivity index (χ4v) is 2.68. The number of anilines is 2. The molecule has 1 fully saturated rings. The van der Waals surface area contributed by atoms with Crippen LogP contribution in [0.1, 0.15) is 52.3 Å². The lowest BCUT2D eigenvalue weighted by molar-refractivity contribution is 0.609. The highest BCUT2D eigenvalue weighted by Gasteiger charge is 2.19. The number of hydrogen-bond acceptors (Lipinski definition) is 4. The molecule has 0 aliphatic carbocycles. The van der Waals surface area contributed by atoms with Crippen molar-refractivity contribution >= 4 is 11.6 Å². The molecular weight excluding hydrogens is 236 g/mol. The smallest absolute Gasteiger partial charge is 0.134 e. The van der Waals surface area contributed by atoms with E-state index in [2.05, 4.69) is 42.0 Å². The van der Waals surface area contributed by atoms with Gasteiger partial charge in [0.25, 0.3) is 0 Å². The van der Waals surface area contributed by atoms with Crippen molar-refractivity contribution in [2.75, 3.05) is 23.3 Å². The Hall–Kier alpha value is -1.32. The largest absolute Gasteiger partial charge is 0.370 e. The van der Waals surface area contributed by atoms with Crippen LogP contribution in [0.15, 0.2) is 6.07 Å². The van der Waals surface area contributed by atoms with Crippen LogP contribution >= 0.6 is 0 Å². The summed E-state index contributed by atoms with van der Waals surface area (Å²) in [6.07, 6.45) is 6.10. The summed E-state index contributed by atoms with van der Waals surface area (Å²) in [6, 6.07) is 2.68. The summed E-state index contributed by atoms with van der Waals surface area (Å²) in [5, 5.41) is 3.31. The highest BCUT2D eigenvalue weighted by molar-refractivity contribution is 5.50. The van der Waals surface area contributed by atoms with E-state index in [9.17, 15) is 0 Å². The van der Waals surface area contributed by atoms with E-state index in [1.165, 1.54) is 25.7 Å². The summed E-state index contributed by atoms with van der Waals surface area (Å²) in [6.45, 7) is 8.54. The molecule has 0 saturated carbocycles. The van der Waals surface area contributed by atoms with Gasteiger partial charge >= 0.3 is 0 Å². The topological polar surface area (TPSA) is 41.0 Å². The molecule has 0 bridgehead atoms. The summed E-state index contributed by atoms with van der Waals surface area (Å²) >= 11 is 0. The first-order chi connectivity index (χ1) is 9.24. The van der Waals surface area contributed by atoms with Gasteiger partial charge in [0.1, 0.15) is 17.5 Å². The van der Waals surface area contributed by atoms with Crippen molar-refractivity contribution in [3.8, 4) is 0 Å². The van der Waals surface area contributed by atoms with Crippen LogP contribution in [0, 0.1) is 0 Å². The number of nitrogens with zero attached hydrogens (tertiary/aromatic N) is 3. The Kier molecular flexibility index (Phi) is 5.00. The van der Waals surface area contributed by atoms with Gasteiger partial charge < -0.3 is 10.2 Å². The van der Waals surface area contributed by atoms with E-state index < -0.39 is 0 Å². The molecule has 1 aliphatic heterocycles. The summed E-state index contributed by atoms with van der Waals surface area (Å²) in [5.41, 5.74) is 0. The Morgan fingerprint density at radius 1 is 1.26 bits per heavy atom. The Labute approximate surface area is 116 Å². The van der Waals surface area contributed by atoms with Gasteiger partial charge in [-0.2, -0.15) is 0 Å². The van der Waals surface area contributed by atoms with Gasteiger partial charge in [0.15, 0.2) is 0 Å². The van der Waals surface area contributed by atoms with Crippen LogP contribution in [0.3, 0.4) is 0 Å². The predicted octanol–water partition coefficient (Wildman–Crippen LogP) is 3.24. The minimum absolute atomic E-state index is 0.580. The molecule has 1 N–H and O–H groups in total. The first-order valence-corrected chi connectivity index (χ1v) is 7.63. The van der Waals surface area contributed by atoms with Gasteiger partial charge in [-0.25, -0.2) is 9.97 Å². The number of aromatic nitrogens is 2. The molecule has 19 heavy (non-hydrogen) atoms. The van der Waals surface area contributed by atoms with Crippen molar-refractivity contribution in [3.63, 3.8) is 0 Å². The molecule has 1 aromatic rings. The molecule has 0 spiro atoms. The van der Waals surface area contributed by atoms with Crippen LogP contribution in [0.4, 0.5) is 11.6 Å². The summed E-state index contributed by atoms with van der Waals surface area (Å²) in [7, 11) is 0. The SMILES string of the molecule is CCNc1cc(N2CCCCCC2C)nc(CC)n1. The van der Waals surface area contributed by atoms with Crippen LogP contribution in [-0.4, -0.2) is 29.1 Å². The molecule has 1 saturated heterocycles. The van der Waals surface area contributed by atoms with Crippen molar-refractivity contribution in [1.29, 1.82) is 0 Å². The number of nitrogens with one attached hydrogen (secondary N) is 1. The molecule has 0 radical (unpaired) electrons. The van der Waals surface area contributed by atoms with Crippen molar-refractivity contribution in [2.24, 2.45) is 0 Å². The molecule has 4 nitrogen and oxygen atoms in total. The molecule has 106 valence electrons. The summed E-state index contributed by atoms with van der Waals surface area (Å²) in [5.74, 6) is 2.99. The lowest BCUT2D eigenvalue weighted by Crippen LogP contribution is -2.33. The molecule has 2 rings (SSSR count). The lowest BCUT2D eigenvalue weighted by atomic mass is 10.1. The third-order valence-electron chi connectivity index (χ3n) is 3.78. The average Bonchev–Trinajstić information content (AvgIpc) is 2.63. The molecule has 0 amide bonds. The van der Waals surface area contributed by atoms with Crippen LogP contribution in [0.25, 0.3) is 0 Å². The van der Waals surface area contributed by atoms with E-state index in [-0.39, 0.29) is 0 Å². The predicted molar refractivity (Wildman–Crippen MR) is 80.8 cm³/mol. The quantitative estimate of drug-likeness (QED) is 0.904. The van der Waals surface area contributed by atoms with Crippen molar-refractivity contribution in [1.82, 2.24) is 9.97 Å². The maximum Gasteiger partial charge on any atom is 0.134 e. The van der Waals surface area contributed by atoms with Crippen molar-refractivity contribution < 1.29 is 0 Å². The lowest BCUT2D eigenvalue weighted by Gasteiger charge is -2.28. The summed E-state index contributed by atoms with van der Waals surface area (Å²) < 4.78 is 0. The van der Waals surface area contributed by atoms with E-state index in [1.807, 2.05) is 0 Å². The van der Waals surface area contributed by atoms with E-state index in [4.69, 9.17) is 4.98 Å². The standard InChI is InChI=1S/C15H26N4/c1-4-13-17-14(16-5-2)11-15(18-13)19-10-8-6-7-9-12(19)3/h11-12H,4-10H2,1-3H3,(H,16,17,18). The Morgan fingerprint density at radius 2 is 2.11 bits per heavy atom. The van der Waals surface area contributed by atoms with Crippen LogP contribution in [0.5, 0.6) is 0 Å². The van der Waals surface area contributed by atoms with Crippen LogP contribution in [-0.2, 0) is 6.42 Å². The van der Waals surface area contributed by atoms with Crippen molar-refractivity contribution in [2.45, 2.75) is 58.9 Å². The number of rotatable bonds is 4. The normalized spacial score (nSPS) is 20.2. The molecule has 1 unspecified atom stereocenters. The van der Waals surface area contributed by atoms with Crippen molar-refractivity contribution in [3.05, 3.63) is 11.9 Å². The Bertz CT molecular complexity index is 405. The van der Waals surface area contributed by atoms with Crippen LogP contribution in [0.2, 0.25) is 0 Å². The van der Waals surface area contributed by atoms with Gasteiger partial charge in [-0.3, -0.25) is 0 Å². The zero-order valence-electron chi connectivity index (χ0n) is 12.4. The second kappa shape index (κ2) is 6.73. The minimum atomic E-state index is 0.580. The highest BCUT2D eigenvalue weighted by Crippen LogP contribution is 2.24. The van der Waals surface area contributed by atoms with Gasteiger partial charge in [-0.15, -0.1) is 0 Å². The maximum atomic E-state index is 4.72. The van der Waals surface area contributed by atoms with Gasteiger partial charge in [-0.05, 0) is 26.7 Å². The fourth-order valence-electron chi connectivity index (χ4n) is 2.68. The molecule has 1 aromatic heterocycles. The third-order valence-corrected chi connectivity index (χ3v) is 3.78. The molecular formula is C15H26N4. The molecule has 2 heterocycles. The second-order valence-corrected chi connectivity index (χ2v) is 5.30. The minimum Gasteiger partial charge on any atom is -0.370 e. The first kappa shape index (κ1) is 14.1. The molecule has 4 heteroatoms. The summed E-state index contributed by atoms with van der Waals surface area (Å²) in [4.78, 5) is 11.7. The zero-order valence-corrected chi connectivity index (χ0v) is 12.4. The fraction of sp³-hybridized carbons (Fsp3) is 0.733. The molecule has 1 aliphatic rings. The number of aryl methyl sites for hydroxylation is 1. The highest BCUT2D eigenvalue weighted by atomic mass is 15.2. The van der Waals surface area contributed by atoms with E-state index in [0.717, 1.165) is 37.0 Å². The number of hydrogen-bond donors (Lipinski definition) is 1. The van der Waals surface area contributed by atoms with Gasteiger partial charge in [-0.1, -0.05) is 19.8 Å². The molecule has 1 atom stereocenters. The van der Waals surface area contributed by atoms with Gasteiger partial charge in [0.05, 0.1) is 0 Å². The average molecular weight is 262 g/mol. The Balaban J connectivity index is 2.27. The van der Waals surface area contributed by atoms with E-state index >= 15 is 0 Å². The first-order valence-electron chi connectivity index (χ1n) is 7.63. The second-order valence-electron chi connectivity index (χ2n) is 5.30. The molecule has 0 aromatic carbocycles. The monoisotopic (exact) mass is 262 g/mol. The van der Waals surface area contributed by atoms with E-state index in [1.54, 1.807) is 0 Å². The zero-order chi connectivity index (χ0) is 13.7. The third kappa shape index (κ3) is 3.58. The Morgan fingerprint density at radius 3 is 2.84 bits per heavy atom. The van der Waals surface area contributed by atoms with Gasteiger partial charge in [0.2, 0.25) is 0 Å². The maximum absolute atomic E-state index is 4.72.